The normalized spacial score (nSPS) is 9.25. The van der Waals surface area contributed by atoms with Crippen LogP contribution in [0.2, 0.25) is 0 Å². The van der Waals surface area contributed by atoms with Crippen molar-refractivity contribution < 1.29 is 0 Å². The molecule has 1 nitrogen and oxygen atoms in total. The van der Waals surface area contributed by atoms with Gasteiger partial charge >= 0.3 is 0 Å². The van der Waals surface area contributed by atoms with E-state index in [1.54, 1.807) is 0 Å². The predicted molar refractivity (Wildman–Crippen MR) is 61.5 cm³/mol. The highest BCUT2D eigenvalue weighted by molar-refractivity contribution is 6.17. The molecule has 0 N–H and O–H groups in total. The molecule has 0 aliphatic heterocycles. The van der Waals surface area contributed by atoms with Crippen LogP contribution in [0.1, 0.15) is 11.1 Å². The Kier molecular flexibility index (Phi) is 4.35. The van der Waals surface area contributed by atoms with E-state index in [-0.39, 0.29) is 12.4 Å². The third kappa shape index (κ3) is 2.25. The monoisotopic (exact) mass is 201 g/mol. The number of halogens is 1. The number of hydrogen-bond donors (Lipinski definition) is 0. The molecule has 0 atom stereocenters. The number of anilines is 1. The van der Waals surface area contributed by atoms with Crippen LogP contribution in [0.3, 0.4) is 0 Å². The van der Waals surface area contributed by atoms with Gasteiger partial charge in [0.15, 0.2) is 0 Å². The number of hydrogen-bond acceptors (Lipinski definition) is 1. The van der Waals surface area contributed by atoms with E-state index < -0.39 is 0 Å². The topological polar surface area (TPSA) is 3.24 Å². The van der Waals surface area contributed by atoms with Gasteiger partial charge in [-0.1, -0.05) is 12.1 Å². The van der Waals surface area contributed by atoms with Crippen LogP contribution in [0.4, 0.5) is 5.69 Å². The molecular weight excluding hydrogens is 186 g/mol. The maximum atomic E-state index is 2.28. The zero-order chi connectivity index (χ0) is 8.43. The average molecular weight is 202 g/mol. The van der Waals surface area contributed by atoms with Crippen LogP contribution in [0.15, 0.2) is 18.2 Å². The molecule has 0 saturated carbocycles. The molecular formula is C9H16ClNSi. The summed E-state index contributed by atoms with van der Waals surface area (Å²) in [5.74, 6) is 0. The molecule has 0 aromatic heterocycles. The fourth-order valence-electron chi connectivity index (χ4n) is 1.22. The predicted octanol–water partition coefficient (Wildman–Crippen LogP) is 1.44. The van der Waals surface area contributed by atoms with Gasteiger partial charge in [-0.3, -0.25) is 0 Å². The minimum absolute atomic E-state index is 0. The molecule has 3 heteroatoms. The standard InChI is InChI=1S/C9H15NSi.ClH/c1-7-5-4-6-9(8(7)2)10(3)11;/h4-6H,1-3,11H3;1H. The van der Waals surface area contributed by atoms with Crippen LogP contribution in [0.25, 0.3) is 0 Å². The van der Waals surface area contributed by atoms with Crippen molar-refractivity contribution in [1.82, 2.24) is 0 Å². The molecule has 1 aromatic rings. The van der Waals surface area contributed by atoms with Gasteiger partial charge in [0.2, 0.25) is 0 Å². The van der Waals surface area contributed by atoms with Crippen molar-refractivity contribution in [3.05, 3.63) is 29.3 Å². The third-order valence-electron chi connectivity index (χ3n) is 2.06. The van der Waals surface area contributed by atoms with Crippen LogP contribution in [0, 0.1) is 13.8 Å². The van der Waals surface area contributed by atoms with Crippen molar-refractivity contribution in [2.24, 2.45) is 0 Å². The molecule has 12 heavy (non-hydrogen) atoms. The summed E-state index contributed by atoms with van der Waals surface area (Å²) in [5.41, 5.74) is 4.16. The van der Waals surface area contributed by atoms with Gasteiger partial charge in [-0.05, 0) is 38.1 Å². The summed E-state index contributed by atoms with van der Waals surface area (Å²) < 4.78 is 2.28. The average Bonchev–Trinajstić information content (AvgIpc) is 1.94. The Balaban J connectivity index is 0.00000121. The Morgan fingerprint density at radius 1 is 1.25 bits per heavy atom. The van der Waals surface area contributed by atoms with Gasteiger partial charge in [-0.25, -0.2) is 0 Å². The lowest BCUT2D eigenvalue weighted by atomic mass is 10.1. The summed E-state index contributed by atoms with van der Waals surface area (Å²) in [6.45, 7) is 4.34. The zero-order valence-electron chi connectivity index (χ0n) is 8.09. The zero-order valence-corrected chi connectivity index (χ0v) is 10.9. The van der Waals surface area contributed by atoms with Gasteiger partial charge in [-0.15, -0.1) is 12.4 Å². The Morgan fingerprint density at radius 3 is 2.25 bits per heavy atom. The first kappa shape index (κ1) is 11.5. The van der Waals surface area contributed by atoms with Crippen molar-refractivity contribution in [2.45, 2.75) is 13.8 Å². The summed E-state index contributed by atoms with van der Waals surface area (Å²) in [5, 5.41) is 0. The SMILES string of the molecule is Cc1cccc(N(C)[SiH3])c1C.Cl. The van der Waals surface area contributed by atoms with Gasteiger partial charge in [0, 0.05) is 5.69 Å². The van der Waals surface area contributed by atoms with Crippen molar-refractivity contribution in [3.8, 4) is 0 Å². The molecule has 0 fully saturated rings. The first-order chi connectivity index (χ1) is 5.13. The molecule has 0 amide bonds. The lowest BCUT2D eigenvalue weighted by Crippen LogP contribution is -2.12. The summed E-state index contributed by atoms with van der Waals surface area (Å²) in [6, 6.07) is 6.45. The molecule has 68 valence electrons. The van der Waals surface area contributed by atoms with Crippen molar-refractivity contribution >= 4 is 28.5 Å². The Hall–Kier alpha value is -0.473. The first-order valence-corrected chi connectivity index (χ1v) is 4.76. The van der Waals surface area contributed by atoms with Gasteiger partial charge in [-0.2, -0.15) is 0 Å². The van der Waals surface area contributed by atoms with Crippen LogP contribution >= 0.6 is 12.4 Å². The Morgan fingerprint density at radius 2 is 1.83 bits per heavy atom. The fourth-order valence-corrected chi connectivity index (χ4v) is 1.70. The second-order valence-electron chi connectivity index (χ2n) is 3.11. The Bertz CT molecular complexity index is 261. The molecule has 1 aromatic carbocycles. The van der Waals surface area contributed by atoms with E-state index in [0.29, 0.717) is 0 Å². The highest BCUT2D eigenvalue weighted by atomic mass is 35.5. The maximum Gasteiger partial charge on any atom is 0.107 e. The Labute approximate surface area is 83.7 Å². The summed E-state index contributed by atoms with van der Waals surface area (Å²) in [7, 11) is 3.22. The molecule has 1 rings (SSSR count). The fraction of sp³-hybridized carbons (Fsp3) is 0.333. The maximum absolute atomic E-state index is 2.28. The molecule has 0 aliphatic rings. The van der Waals surface area contributed by atoms with Crippen molar-refractivity contribution in [3.63, 3.8) is 0 Å². The lowest BCUT2D eigenvalue weighted by Gasteiger charge is -2.17. The third-order valence-corrected chi connectivity index (χ3v) is 2.54. The largest absolute Gasteiger partial charge is 0.409 e. The van der Waals surface area contributed by atoms with Gasteiger partial charge in [0.1, 0.15) is 10.4 Å². The van der Waals surface area contributed by atoms with E-state index in [2.05, 4.69) is 43.7 Å². The van der Waals surface area contributed by atoms with E-state index in [1.165, 1.54) is 16.8 Å². The smallest absolute Gasteiger partial charge is 0.107 e. The van der Waals surface area contributed by atoms with Crippen LogP contribution in [-0.2, 0) is 0 Å². The van der Waals surface area contributed by atoms with E-state index in [1.807, 2.05) is 0 Å². The molecule has 0 heterocycles. The summed E-state index contributed by atoms with van der Waals surface area (Å²) in [4.78, 5) is 0. The first-order valence-electron chi connectivity index (χ1n) is 3.86. The van der Waals surface area contributed by atoms with Crippen molar-refractivity contribution in [2.75, 3.05) is 11.6 Å². The van der Waals surface area contributed by atoms with Crippen LogP contribution < -0.4 is 4.57 Å². The molecule has 0 bridgehead atoms. The molecule has 0 spiro atoms. The second kappa shape index (κ2) is 4.53. The minimum atomic E-state index is 0. The number of nitrogens with zero attached hydrogens (tertiary/aromatic N) is 1. The van der Waals surface area contributed by atoms with E-state index >= 15 is 0 Å². The highest BCUT2D eigenvalue weighted by Gasteiger charge is 1.99. The molecule has 0 aliphatic carbocycles. The lowest BCUT2D eigenvalue weighted by molar-refractivity contribution is 1.25. The van der Waals surface area contributed by atoms with E-state index in [4.69, 9.17) is 0 Å². The number of aryl methyl sites for hydroxylation is 1. The molecule has 0 saturated heterocycles. The molecule has 0 unspecified atom stereocenters. The number of benzene rings is 1. The van der Waals surface area contributed by atoms with E-state index in [0.717, 1.165) is 10.4 Å². The van der Waals surface area contributed by atoms with Crippen molar-refractivity contribution in [1.29, 1.82) is 0 Å². The quantitative estimate of drug-likeness (QED) is 0.622. The second-order valence-corrected chi connectivity index (χ2v) is 4.46. The summed E-state index contributed by atoms with van der Waals surface area (Å²) >= 11 is 0. The van der Waals surface area contributed by atoms with Gasteiger partial charge in [0.05, 0.1) is 0 Å². The number of rotatable bonds is 1. The van der Waals surface area contributed by atoms with Gasteiger partial charge in [0.25, 0.3) is 0 Å². The minimum Gasteiger partial charge on any atom is -0.409 e. The summed E-state index contributed by atoms with van der Waals surface area (Å²) in [6.07, 6.45) is 0. The highest BCUT2D eigenvalue weighted by Crippen LogP contribution is 2.19. The van der Waals surface area contributed by atoms with E-state index in [9.17, 15) is 0 Å². The van der Waals surface area contributed by atoms with Crippen LogP contribution in [-0.4, -0.2) is 17.5 Å². The van der Waals surface area contributed by atoms with Gasteiger partial charge < -0.3 is 4.57 Å². The van der Waals surface area contributed by atoms with Crippen LogP contribution in [0.5, 0.6) is 0 Å². The molecule has 0 radical (unpaired) electrons.